The first-order valence-corrected chi connectivity index (χ1v) is 12.3. The van der Waals surface area contributed by atoms with E-state index in [0.29, 0.717) is 52.3 Å². The highest BCUT2D eigenvalue weighted by atomic mass is 16.6. The molecule has 1 saturated heterocycles. The molecule has 184 valence electrons. The predicted octanol–water partition coefficient (Wildman–Crippen LogP) is 3.67. The summed E-state index contributed by atoms with van der Waals surface area (Å²) in [4.78, 5) is 14.1. The first kappa shape index (κ1) is 24.7. The molecule has 0 saturated carbocycles. The fourth-order valence-electron chi connectivity index (χ4n) is 4.55. The van der Waals surface area contributed by atoms with Gasteiger partial charge in [0, 0.05) is 19.5 Å². The SMILES string of the molecule is CN(CCOCCOCCOC1CCNCC1)C(=O)OCC1c2ccccc2-c2ccccc21. The third kappa shape index (κ3) is 6.57. The maximum absolute atomic E-state index is 12.5. The van der Waals surface area contributed by atoms with Gasteiger partial charge in [0.1, 0.15) is 6.61 Å². The Bertz CT molecular complexity index is 870. The van der Waals surface area contributed by atoms with Crippen LogP contribution in [0.5, 0.6) is 0 Å². The summed E-state index contributed by atoms with van der Waals surface area (Å²) >= 11 is 0. The zero-order valence-corrected chi connectivity index (χ0v) is 20.0. The van der Waals surface area contributed by atoms with Crippen LogP contribution < -0.4 is 5.32 Å². The maximum Gasteiger partial charge on any atom is 0.409 e. The number of rotatable bonds is 12. The van der Waals surface area contributed by atoms with Crippen LogP contribution in [0.4, 0.5) is 4.79 Å². The van der Waals surface area contributed by atoms with Crippen molar-refractivity contribution in [1.29, 1.82) is 0 Å². The van der Waals surface area contributed by atoms with Gasteiger partial charge in [-0.2, -0.15) is 0 Å². The van der Waals surface area contributed by atoms with Crippen LogP contribution in [0, 0.1) is 0 Å². The summed E-state index contributed by atoms with van der Waals surface area (Å²) < 4.78 is 22.6. The number of benzene rings is 2. The Labute approximate surface area is 202 Å². The molecular formula is C27H36N2O5. The molecule has 7 nitrogen and oxygen atoms in total. The summed E-state index contributed by atoms with van der Waals surface area (Å²) in [7, 11) is 1.73. The highest BCUT2D eigenvalue weighted by Gasteiger charge is 2.29. The van der Waals surface area contributed by atoms with Crippen molar-refractivity contribution < 1.29 is 23.7 Å². The van der Waals surface area contributed by atoms with Crippen LogP contribution in [0.3, 0.4) is 0 Å². The fourth-order valence-corrected chi connectivity index (χ4v) is 4.55. The number of nitrogens with one attached hydrogen (secondary N) is 1. The van der Waals surface area contributed by atoms with Gasteiger partial charge in [-0.15, -0.1) is 0 Å². The molecule has 1 heterocycles. The highest BCUT2D eigenvalue weighted by molar-refractivity contribution is 5.79. The molecule has 0 radical (unpaired) electrons. The molecule has 0 unspecified atom stereocenters. The Hall–Kier alpha value is -2.45. The molecule has 1 aliphatic heterocycles. The Morgan fingerprint density at radius 1 is 0.882 bits per heavy atom. The minimum absolute atomic E-state index is 0.0666. The van der Waals surface area contributed by atoms with E-state index in [1.165, 1.54) is 22.3 Å². The number of fused-ring (bicyclic) bond motifs is 3. The van der Waals surface area contributed by atoms with E-state index in [1.54, 1.807) is 11.9 Å². The van der Waals surface area contributed by atoms with Crippen molar-refractivity contribution in [2.45, 2.75) is 24.9 Å². The maximum atomic E-state index is 12.5. The molecule has 2 aliphatic rings. The molecule has 0 bridgehead atoms. The molecule has 0 aromatic heterocycles. The number of piperidine rings is 1. The summed E-state index contributed by atoms with van der Waals surface area (Å²) in [6, 6.07) is 16.7. The highest BCUT2D eigenvalue weighted by Crippen LogP contribution is 2.44. The van der Waals surface area contributed by atoms with Crippen LogP contribution in [0.1, 0.15) is 29.9 Å². The van der Waals surface area contributed by atoms with Crippen molar-refractivity contribution in [2.24, 2.45) is 0 Å². The van der Waals surface area contributed by atoms with E-state index >= 15 is 0 Å². The van der Waals surface area contributed by atoms with Crippen molar-refractivity contribution in [3.05, 3.63) is 59.7 Å². The van der Waals surface area contributed by atoms with Crippen LogP contribution in [0.2, 0.25) is 0 Å². The van der Waals surface area contributed by atoms with E-state index in [-0.39, 0.29) is 12.0 Å². The molecule has 0 spiro atoms. The first-order valence-electron chi connectivity index (χ1n) is 12.3. The van der Waals surface area contributed by atoms with Crippen LogP contribution in [-0.4, -0.2) is 83.4 Å². The number of nitrogens with zero attached hydrogens (tertiary/aromatic N) is 1. The molecule has 34 heavy (non-hydrogen) atoms. The minimum atomic E-state index is -0.336. The van der Waals surface area contributed by atoms with Gasteiger partial charge in [0.25, 0.3) is 0 Å². The zero-order chi connectivity index (χ0) is 23.6. The number of likely N-dealkylation sites (N-methyl/N-ethyl adjacent to an activating group) is 1. The summed E-state index contributed by atoms with van der Waals surface area (Å²) in [5, 5.41) is 3.33. The van der Waals surface area contributed by atoms with Crippen molar-refractivity contribution in [3.63, 3.8) is 0 Å². The Morgan fingerprint density at radius 3 is 2.15 bits per heavy atom. The van der Waals surface area contributed by atoms with Gasteiger partial charge in [-0.3, -0.25) is 0 Å². The van der Waals surface area contributed by atoms with Crippen molar-refractivity contribution in [2.75, 3.05) is 66.3 Å². The number of carbonyl (C=O) groups is 1. The van der Waals surface area contributed by atoms with E-state index in [2.05, 4.69) is 29.6 Å². The normalized spacial score (nSPS) is 15.7. The van der Waals surface area contributed by atoms with Crippen LogP contribution >= 0.6 is 0 Å². The molecule has 4 rings (SSSR count). The number of amides is 1. The number of carbonyl (C=O) groups excluding carboxylic acids is 1. The monoisotopic (exact) mass is 468 g/mol. The number of hydrogen-bond acceptors (Lipinski definition) is 6. The third-order valence-electron chi connectivity index (χ3n) is 6.46. The average Bonchev–Trinajstić information content (AvgIpc) is 3.20. The Morgan fingerprint density at radius 2 is 1.47 bits per heavy atom. The third-order valence-corrected chi connectivity index (χ3v) is 6.46. The Kier molecular flexibility index (Phi) is 9.33. The summed E-state index contributed by atoms with van der Waals surface area (Å²) in [6.45, 7) is 5.50. The van der Waals surface area contributed by atoms with Gasteiger partial charge in [0.2, 0.25) is 0 Å². The second-order valence-corrected chi connectivity index (χ2v) is 8.77. The van der Waals surface area contributed by atoms with Gasteiger partial charge in [0.15, 0.2) is 0 Å². The molecule has 0 atom stereocenters. The van der Waals surface area contributed by atoms with E-state index in [9.17, 15) is 4.79 Å². The van der Waals surface area contributed by atoms with E-state index < -0.39 is 0 Å². The van der Waals surface area contributed by atoms with Gasteiger partial charge in [-0.1, -0.05) is 48.5 Å². The molecule has 1 amide bonds. The van der Waals surface area contributed by atoms with Gasteiger partial charge in [-0.05, 0) is 48.2 Å². The molecular weight excluding hydrogens is 432 g/mol. The van der Waals surface area contributed by atoms with Crippen LogP contribution in [-0.2, 0) is 18.9 Å². The van der Waals surface area contributed by atoms with Gasteiger partial charge in [-0.25, -0.2) is 4.79 Å². The Balaban J connectivity index is 1.08. The quantitative estimate of drug-likeness (QED) is 0.480. The summed E-state index contributed by atoms with van der Waals surface area (Å²) in [5.74, 6) is 0.0666. The smallest absolute Gasteiger partial charge is 0.409 e. The lowest BCUT2D eigenvalue weighted by molar-refractivity contribution is -0.0206. The lowest BCUT2D eigenvalue weighted by Gasteiger charge is -2.22. The van der Waals surface area contributed by atoms with Gasteiger partial charge < -0.3 is 29.2 Å². The van der Waals surface area contributed by atoms with Crippen LogP contribution in [0.15, 0.2) is 48.5 Å². The second-order valence-electron chi connectivity index (χ2n) is 8.77. The van der Waals surface area contributed by atoms with Crippen molar-refractivity contribution >= 4 is 6.09 Å². The van der Waals surface area contributed by atoms with Gasteiger partial charge in [0.05, 0.1) is 39.1 Å². The largest absolute Gasteiger partial charge is 0.448 e. The first-order chi connectivity index (χ1) is 16.7. The minimum Gasteiger partial charge on any atom is -0.448 e. The van der Waals surface area contributed by atoms with E-state index in [1.807, 2.05) is 24.3 Å². The molecule has 7 heteroatoms. The topological polar surface area (TPSA) is 69.3 Å². The van der Waals surface area contributed by atoms with Crippen molar-refractivity contribution in [3.8, 4) is 11.1 Å². The lowest BCUT2D eigenvalue weighted by Crippen LogP contribution is -2.33. The summed E-state index contributed by atoms with van der Waals surface area (Å²) in [5.41, 5.74) is 4.87. The number of hydrogen-bond donors (Lipinski definition) is 1. The molecule has 1 fully saturated rings. The number of ether oxygens (including phenoxy) is 4. The fraction of sp³-hybridized carbons (Fsp3) is 0.519. The molecule has 2 aromatic rings. The van der Waals surface area contributed by atoms with Crippen molar-refractivity contribution in [1.82, 2.24) is 10.2 Å². The van der Waals surface area contributed by atoms with Gasteiger partial charge >= 0.3 is 6.09 Å². The lowest BCUT2D eigenvalue weighted by atomic mass is 9.98. The zero-order valence-electron chi connectivity index (χ0n) is 20.0. The molecule has 1 N–H and O–H groups in total. The van der Waals surface area contributed by atoms with E-state index in [4.69, 9.17) is 18.9 Å². The summed E-state index contributed by atoms with van der Waals surface area (Å²) in [6.07, 6.45) is 2.16. The predicted molar refractivity (Wildman–Crippen MR) is 131 cm³/mol. The molecule has 1 aliphatic carbocycles. The van der Waals surface area contributed by atoms with Crippen LogP contribution in [0.25, 0.3) is 11.1 Å². The standard InChI is InChI=1S/C27H36N2O5/c1-29(14-15-31-16-17-32-18-19-33-21-10-12-28-13-11-21)27(30)34-20-26-24-8-4-2-6-22(24)23-7-3-5-9-25(23)26/h2-9,21,26,28H,10-20H2,1H3. The van der Waals surface area contributed by atoms with E-state index in [0.717, 1.165) is 25.9 Å². The second kappa shape index (κ2) is 12.9. The molecule has 2 aromatic carbocycles. The average molecular weight is 469 g/mol.